The molecule has 2 aromatic carbocycles. The Morgan fingerprint density at radius 1 is 1.20 bits per heavy atom. The van der Waals surface area contributed by atoms with Crippen molar-refractivity contribution in [1.82, 2.24) is 19.9 Å². The molecule has 4 aromatic rings. The fraction of sp³-hybridized carbons (Fsp3) is 0.324. The van der Waals surface area contributed by atoms with Crippen LogP contribution in [0, 0.1) is 5.82 Å². The summed E-state index contributed by atoms with van der Waals surface area (Å²) in [5.74, 6) is 0.0822. The average molecular weight is 622 g/mol. The number of aromatic amines is 1. The number of unbranched alkanes of at least 4 members (excludes halogenated alkanes) is 1. The summed E-state index contributed by atoms with van der Waals surface area (Å²) < 4.78 is 16.5. The smallest absolute Gasteiger partial charge is 0.354 e. The minimum atomic E-state index is -0.512. The fourth-order valence-corrected chi connectivity index (χ4v) is 4.72. The topological polar surface area (TPSA) is 127 Å². The highest BCUT2D eigenvalue weighted by molar-refractivity contribution is 6.31. The van der Waals surface area contributed by atoms with Gasteiger partial charge in [0.25, 0.3) is 0 Å². The number of hydrogen-bond acceptors (Lipinski definition) is 5. The van der Waals surface area contributed by atoms with Crippen LogP contribution >= 0.6 is 11.6 Å². The van der Waals surface area contributed by atoms with E-state index in [2.05, 4.69) is 46.9 Å². The van der Waals surface area contributed by atoms with Crippen molar-refractivity contribution in [3.05, 3.63) is 107 Å². The molecule has 0 aliphatic rings. The number of H-pyrrole nitrogens is 1. The summed E-state index contributed by atoms with van der Waals surface area (Å²) in [4.78, 5) is 24.4. The summed E-state index contributed by atoms with van der Waals surface area (Å²) >= 11 is 6.20. The summed E-state index contributed by atoms with van der Waals surface area (Å²) in [6.07, 6.45) is 6.88. The van der Waals surface area contributed by atoms with Gasteiger partial charge in [-0.3, -0.25) is 9.56 Å². The van der Waals surface area contributed by atoms with Crippen molar-refractivity contribution in [3.8, 4) is 16.9 Å². The van der Waals surface area contributed by atoms with E-state index < -0.39 is 11.5 Å². The van der Waals surface area contributed by atoms with Gasteiger partial charge in [-0.1, -0.05) is 29.8 Å². The zero-order valence-electron chi connectivity index (χ0n) is 26.0. The number of allylic oxidation sites excluding steroid dienone is 1. The molecule has 0 fully saturated rings. The van der Waals surface area contributed by atoms with E-state index in [1.54, 1.807) is 37.4 Å². The number of nitrogens with zero attached hydrogens (tertiary/aromatic N) is 3. The van der Waals surface area contributed by atoms with Gasteiger partial charge in [0.2, 0.25) is 0 Å². The number of rotatable bonds is 12. The van der Waals surface area contributed by atoms with Crippen LogP contribution in [0.15, 0.2) is 84.3 Å². The molecule has 0 aliphatic heterocycles. The van der Waals surface area contributed by atoms with Crippen LogP contribution in [-0.4, -0.2) is 40.0 Å². The Morgan fingerprint density at radius 3 is 2.52 bits per heavy atom. The Bertz CT molecular complexity index is 1570. The van der Waals surface area contributed by atoms with Crippen LogP contribution in [0.3, 0.4) is 0 Å². The maximum atomic E-state index is 15.0. The summed E-state index contributed by atoms with van der Waals surface area (Å²) in [5, 5.41) is 4.21. The SMILES string of the molecule is C=C.C=CC.CC(N)=NCCCNC(C)c1ccc(-n2cc3cc(-c4cc(CCCCN)cc(Cl)c4F)[nH]c3nc2=O)cc1. The monoisotopic (exact) mass is 621 g/mol. The van der Waals surface area contributed by atoms with Crippen molar-refractivity contribution in [2.24, 2.45) is 16.5 Å². The highest BCUT2D eigenvalue weighted by atomic mass is 35.5. The summed E-state index contributed by atoms with van der Waals surface area (Å²) in [6.45, 7) is 17.2. The van der Waals surface area contributed by atoms with E-state index in [1.807, 2.05) is 31.2 Å². The van der Waals surface area contributed by atoms with Crippen molar-refractivity contribution >= 4 is 28.5 Å². The van der Waals surface area contributed by atoms with E-state index in [9.17, 15) is 9.18 Å². The number of benzene rings is 2. The lowest BCUT2D eigenvalue weighted by Gasteiger charge is -2.15. The molecule has 6 N–H and O–H groups in total. The number of amidine groups is 1. The number of aromatic nitrogens is 3. The zero-order valence-corrected chi connectivity index (χ0v) is 26.8. The molecule has 0 aliphatic carbocycles. The van der Waals surface area contributed by atoms with Crippen molar-refractivity contribution in [2.45, 2.75) is 52.5 Å². The predicted molar refractivity (Wildman–Crippen MR) is 184 cm³/mol. The van der Waals surface area contributed by atoms with E-state index >= 15 is 0 Å². The lowest BCUT2D eigenvalue weighted by atomic mass is 10.0. The maximum absolute atomic E-state index is 15.0. The minimum Gasteiger partial charge on any atom is -0.388 e. The Balaban J connectivity index is 0.00000127. The quantitative estimate of drug-likeness (QED) is 0.0594. The van der Waals surface area contributed by atoms with Crippen LogP contribution in [0.1, 0.15) is 57.2 Å². The zero-order chi connectivity index (χ0) is 32.6. The molecule has 0 radical (unpaired) electrons. The second-order valence-corrected chi connectivity index (χ2v) is 10.5. The van der Waals surface area contributed by atoms with Crippen LogP contribution < -0.4 is 22.5 Å². The highest BCUT2D eigenvalue weighted by Crippen LogP contribution is 2.31. The third kappa shape index (κ3) is 10.3. The van der Waals surface area contributed by atoms with Crippen LogP contribution in [0.2, 0.25) is 5.02 Å². The molecule has 0 spiro atoms. The number of aliphatic imine (C=N–C) groups is 1. The molecule has 1 atom stereocenters. The lowest BCUT2D eigenvalue weighted by Crippen LogP contribution is -2.22. The summed E-state index contributed by atoms with van der Waals surface area (Å²) in [7, 11) is 0. The van der Waals surface area contributed by atoms with Crippen molar-refractivity contribution in [2.75, 3.05) is 19.6 Å². The summed E-state index contributed by atoms with van der Waals surface area (Å²) in [6, 6.07) is 13.1. The number of halogens is 2. The van der Waals surface area contributed by atoms with Gasteiger partial charge in [-0.05, 0) is 101 Å². The molecule has 0 saturated carbocycles. The summed E-state index contributed by atoms with van der Waals surface area (Å²) in [5.41, 5.74) is 14.7. The van der Waals surface area contributed by atoms with E-state index in [4.69, 9.17) is 23.1 Å². The molecule has 2 aromatic heterocycles. The van der Waals surface area contributed by atoms with Crippen LogP contribution in [0.25, 0.3) is 28.0 Å². The first-order chi connectivity index (χ1) is 21.2. The van der Waals surface area contributed by atoms with Gasteiger partial charge < -0.3 is 21.8 Å². The van der Waals surface area contributed by atoms with E-state index in [0.717, 1.165) is 43.4 Å². The molecule has 0 bridgehead atoms. The van der Waals surface area contributed by atoms with Crippen molar-refractivity contribution in [3.63, 3.8) is 0 Å². The van der Waals surface area contributed by atoms with Gasteiger partial charge in [-0.25, -0.2) is 9.18 Å². The standard InChI is InChI=1S/C29H35ClFN7O.C3H6.C2H4/c1-18(34-12-5-13-35-19(2)33)21-7-9-23(10-8-21)38-17-22-16-26(36-28(22)37-29(38)39)24-14-20(6-3-4-11-32)15-25(30)27(24)31;1-3-2;1-2/h7-10,14-18,34H,3-6,11-13,32H2,1-2H3,(H2,33,35)(H,36,37,39);3H,1H2,2H3;1-2H2. The number of aryl methyl sites for hydroxylation is 1. The van der Waals surface area contributed by atoms with E-state index in [0.29, 0.717) is 46.9 Å². The molecule has 4 rings (SSSR count). The normalized spacial score (nSPS) is 11.7. The Labute approximate surface area is 264 Å². The Morgan fingerprint density at radius 2 is 1.89 bits per heavy atom. The van der Waals surface area contributed by atoms with Crippen molar-refractivity contribution in [1.29, 1.82) is 0 Å². The predicted octanol–water partition coefficient (Wildman–Crippen LogP) is 6.87. The van der Waals surface area contributed by atoms with Gasteiger partial charge in [0.05, 0.1) is 22.2 Å². The molecule has 10 heteroatoms. The first kappa shape index (κ1) is 36.1. The highest BCUT2D eigenvalue weighted by Gasteiger charge is 2.15. The average Bonchev–Trinajstić information content (AvgIpc) is 3.42. The van der Waals surface area contributed by atoms with E-state index in [-0.39, 0.29) is 11.1 Å². The number of nitrogens with one attached hydrogen (secondary N) is 2. The third-order valence-electron chi connectivity index (χ3n) is 6.62. The fourth-order valence-electron chi connectivity index (χ4n) is 4.48. The Kier molecular flexibility index (Phi) is 15.3. The number of hydrogen-bond donors (Lipinski definition) is 4. The first-order valence-corrected chi connectivity index (χ1v) is 15.0. The van der Waals surface area contributed by atoms with Gasteiger partial charge in [-0.15, -0.1) is 19.7 Å². The largest absolute Gasteiger partial charge is 0.388 e. The minimum absolute atomic E-state index is 0.0596. The van der Waals surface area contributed by atoms with Crippen LogP contribution in [0.4, 0.5) is 4.39 Å². The molecule has 0 saturated heterocycles. The molecule has 0 amide bonds. The van der Waals surface area contributed by atoms with Gasteiger partial charge in [0.1, 0.15) is 5.65 Å². The molecule has 8 nitrogen and oxygen atoms in total. The van der Waals surface area contributed by atoms with Crippen LogP contribution in [0.5, 0.6) is 0 Å². The van der Waals surface area contributed by atoms with Crippen LogP contribution in [-0.2, 0) is 6.42 Å². The molecule has 1 unspecified atom stereocenters. The maximum Gasteiger partial charge on any atom is 0.354 e. The molecule has 44 heavy (non-hydrogen) atoms. The van der Waals surface area contributed by atoms with Gasteiger partial charge >= 0.3 is 5.69 Å². The number of nitrogens with two attached hydrogens (primary N) is 2. The molecular formula is C34H45ClFN7O. The second kappa shape index (κ2) is 18.6. The van der Waals surface area contributed by atoms with Gasteiger partial charge in [0.15, 0.2) is 5.82 Å². The first-order valence-electron chi connectivity index (χ1n) is 14.7. The second-order valence-electron chi connectivity index (χ2n) is 10.1. The van der Waals surface area contributed by atoms with Gasteiger partial charge in [-0.2, -0.15) is 4.98 Å². The number of fused-ring (bicyclic) bond motifs is 1. The lowest BCUT2D eigenvalue weighted by molar-refractivity contribution is 0.562. The third-order valence-corrected chi connectivity index (χ3v) is 6.90. The Hall–Kier alpha value is -4.05. The molecular weight excluding hydrogens is 577 g/mol. The van der Waals surface area contributed by atoms with Crippen molar-refractivity contribution < 1.29 is 4.39 Å². The molecule has 2 heterocycles. The van der Waals surface area contributed by atoms with E-state index in [1.165, 1.54) is 4.57 Å². The van der Waals surface area contributed by atoms with Gasteiger partial charge in [0, 0.05) is 29.7 Å². The molecule has 236 valence electrons.